The molecular formula is C18H16ClNO3S. The molecule has 4 nitrogen and oxygen atoms in total. The number of hydrogen-bond acceptors (Lipinski definition) is 3. The Balaban J connectivity index is 1.91. The van der Waals surface area contributed by atoms with Crippen molar-refractivity contribution < 1.29 is 13.2 Å². The summed E-state index contributed by atoms with van der Waals surface area (Å²) in [6, 6.07) is 15.7. The Bertz CT molecular complexity index is 861. The lowest BCUT2D eigenvalue weighted by atomic mass is 10.1. The normalized spacial score (nSPS) is 18.5. The number of carbonyl (C=O) groups is 1. The maximum Gasteiger partial charge on any atom is 0.231 e. The standard InChI is InChI=1S/C18H16ClNO3S/c19-15-6-8-16(9-7-15)20(17-10-11-24(22,23)13-17)18(21)12-14-4-2-1-3-5-14/h1-11,17H,12-13H2/t17-/m0/s1. The van der Waals surface area contributed by atoms with Crippen LogP contribution < -0.4 is 4.90 Å². The van der Waals surface area contributed by atoms with Gasteiger partial charge in [0.25, 0.3) is 0 Å². The number of nitrogens with zero attached hydrogens (tertiary/aromatic N) is 1. The summed E-state index contributed by atoms with van der Waals surface area (Å²) in [5, 5.41) is 1.74. The van der Waals surface area contributed by atoms with Crippen LogP contribution in [0.3, 0.4) is 0 Å². The molecule has 0 aromatic heterocycles. The third kappa shape index (κ3) is 3.86. The van der Waals surface area contributed by atoms with Gasteiger partial charge in [-0.2, -0.15) is 0 Å². The van der Waals surface area contributed by atoms with Gasteiger partial charge in [-0.3, -0.25) is 4.79 Å². The SMILES string of the molecule is O=C(Cc1ccccc1)N(c1ccc(Cl)cc1)[C@H]1C=CS(=O)(=O)C1. The molecule has 2 aromatic rings. The molecule has 1 amide bonds. The number of carbonyl (C=O) groups excluding carboxylic acids is 1. The summed E-state index contributed by atoms with van der Waals surface area (Å²) >= 11 is 5.92. The number of amides is 1. The van der Waals surface area contributed by atoms with Crippen molar-refractivity contribution in [3.8, 4) is 0 Å². The Kier molecular flexibility index (Phi) is 4.73. The highest BCUT2D eigenvalue weighted by molar-refractivity contribution is 7.94. The van der Waals surface area contributed by atoms with E-state index < -0.39 is 15.9 Å². The molecule has 0 unspecified atom stereocenters. The highest BCUT2D eigenvalue weighted by Crippen LogP contribution is 2.25. The maximum atomic E-state index is 12.9. The average molecular weight is 362 g/mol. The van der Waals surface area contributed by atoms with E-state index in [-0.39, 0.29) is 18.1 Å². The number of rotatable bonds is 4. The molecule has 2 aromatic carbocycles. The summed E-state index contributed by atoms with van der Waals surface area (Å²) in [6.45, 7) is 0. The van der Waals surface area contributed by atoms with E-state index in [4.69, 9.17) is 11.6 Å². The van der Waals surface area contributed by atoms with Crippen LogP contribution in [0.5, 0.6) is 0 Å². The second kappa shape index (κ2) is 6.79. The van der Waals surface area contributed by atoms with Crippen LogP contribution in [0.2, 0.25) is 5.02 Å². The van der Waals surface area contributed by atoms with E-state index >= 15 is 0 Å². The molecule has 1 aliphatic heterocycles. The van der Waals surface area contributed by atoms with Crippen molar-refractivity contribution >= 4 is 33.0 Å². The van der Waals surface area contributed by atoms with Gasteiger partial charge in [0.1, 0.15) is 0 Å². The molecule has 0 spiro atoms. The summed E-state index contributed by atoms with van der Waals surface area (Å²) in [5.74, 6) is -0.258. The molecule has 3 rings (SSSR count). The van der Waals surface area contributed by atoms with Gasteiger partial charge >= 0.3 is 0 Å². The molecular weight excluding hydrogens is 346 g/mol. The lowest BCUT2D eigenvalue weighted by Crippen LogP contribution is -2.42. The Morgan fingerprint density at radius 1 is 1.08 bits per heavy atom. The van der Waals surface area contributed by atoms with Crippen LogP contribution in [-0.2, 0) is 21.1 Å². The number of benzene rings is 2. The molecule has 0 radical (unpaired) electrons. The van der Waals surface area contributed by atoms with Crippen molar-refractivity contribution in [1.82, 2.24) is 0 Å². The van der Waals surface area contributed by atoms with Crippen LogP contribution in [0.1, 0.15) is 5.56 Å². The third-order valence-electron chi connectivity index (χ3n) is 3.81. The monoisotopic (exact) mass is 361 g/mol. The van der Waals surface area contributed by atoms with Gasteiger partial charge in [0, 0.05) is 16.1 Å². The third-order valence-corrected chi connectivity index (χ3v) is 5.44. The van der Waals surface area contributed by atoms with Crippen LogP contribution in [0, 0.1) is 0 Å². The second-order valence-electron chi connectivity index (χ2n) is 5.63. The van der Waals surface area contributed by atoms with Crippen LogP contribution >= 0.6 is 11.6 Å². The van der Waals surface area contributed by atoms with Crippen molar-refractivity contribution in [3.05, 3.63) is 76.7 Å². The summed E-state index contributed by atoms with van der Waals surface area (Å²) in [4.78, 5) is 14.4. The zero-order valence-corrected chi connectivity index (χ0v) is 14.4. The zero-order chi connectivity index (χ0) is 17.2. The summed E-state index contributed by atoms with van der Waals surface area (Å²) in [5.41, 5.74) is 1.51. The minimum absolute atomic E-state index is 0.101. The lowest BCUT2D eigenvalue weighted by molar-refractivity contribution is -0.118. The van der Waals surface area contributed by atoms with Crippen LogP contribution in [-0.4, -0.2) is 26.1 Å². The second-order valence-corrected chi connectivity index (χ2v) is 8.00. The lowest BCUT2D eigenvalue weighted by Gasteiger charge is -2.28. The highest BCUT2D eigenvalue weighted by atomic mass is 35.5. The van der Waals surface area contributed by atoms with E-state index in [0.29, 0.717) is 10.7 Å². The molecule has 6 heteroatoms. The summed E-state index contributed by atoms with van der Waals surface area (Å²) in [6.07, 6.45) is 1.76. The Hall–Kier alpha value is -2.11. The first-order valence-corrected chi connectivity index (χ1v) is 9.56. The van der Waals surface area contributed by atoms with Crippen molar-refractivity contribution in [2.75, 3.05) is 10.7 Å². The van der Waals surface area contributed by atoms with Crippen molar-refractivity contribution in [2.24, 2.45) is 0 Å². The largest absolute Gasteiger partial charge is 0.304 e. The summed E-state index contributed by atoms with van der Waals surface area (Å²) < 4.78 is 23.5. The van der Waals surface area contributed by atoms with Gasteiger partial charge in [-0.05, 0) is 35.9 Å². The molecule has 0 bridgehead atoms. The minimum atomic E-state index is -3.26. The fraction of sp³-hybridized carbons (Fsp3) is 0.167. The molecule has 1 atom stereocenters. The minimum Gasteiger partial charge on any atom is -0.304 e. The number of halogens is 1. The van der Waals surface area contributed by atoms with Gasteiger partial charge in [0.2, 0.25) is 5.91 Å². The van der Waals surface area contributed by atoms with Gasteiger partial charge in [0.05, 0.1) is 18.2 Å². The van der Waals surface area contributed by atoms with E-state index in [2.05, 4.69) is 0 Å². The van der Waals surface area contributed by atoms with Crippen molar-refractivity contribution in [1.29, 1.82) is 0 Å². The molecule has 0 saturated carbocycles. The van der Waals surface area contributed by atoms with E-state index in [0.717, 1.165) is 5.56 Å². The van der Waals surface area contributed by atoms with Gasteiger partial charge in [-0.15, -0.1) is 0 Å². The molecule has 0 N–H and O–H groups in total. The number of anilines is 1. The molecule has 0 fully saturated rings. The van der Waals surface area contributed by atoms with Crippen molar-refractivity contribution in [3.63, 3.8) is 0 Å². The van der Waals surface area contributed by atoms with E-state index in [1.54, 1.807) is 30.3 Å². The van der Waals surface area contributed by atoms with Crippen LogP contribution in [0.15, 0.2) is 66.1 Å². The van der Waals surface area contributed by atoms with E-state index in [9.17, 15) is 13.2 Å². The van der Waals surface area contributed by atoms with Crippen molar-refractivity contribution in [2.45, 2.75) is 12.5 Å². The van der Waals surface area contributed by atoms with Gasteiger partial charge in [-0.25, -0.2) is 8.42 Å². The molecule has 0 saturated heterocycles. The topological polar surface area (TPSA) is 54.5 Å². The summed E-state index contributed by atoms with van der Waals surface area (Å²) in [7, 11) is -3.26. The molecule has 0 aliphatic carbocycles. The maximum absolute atomic E-state index is 12.9. The smallest absolute Gasteiger partial charge is 0.231 e. The molecule has 1 aliphatic rings. The Labute approximate surface area is 146 Å². The highest BCUT2D eigenvalue weighted by Gasteiger charge is 2.31. The number of hydrogen-bond donors (Lipinski definition) is 0. The first-order chi connectivity index (χ1) is 11.4. The average Bonchev–Trinajstić information content (AvgIpc) is 2.90. The first kappa shape index (κ1) is 16.7. The molecule has 1 heterocycles. The first-order valence-electron chi connectivity index (χ1n) is 7.47. The molecule has 124 valence electrons. The number of sulfone groups is 1. The molecule has 24 heavy (non-hydrogen) atoms. The zero-order valence-electron chi connectivity index (χ0n) is 12.8. The van der Waals surface area contributed by atoms with Gasteiger partial charge in [-0.1, -0.05) is 41.9 Å². The predicted octanol–water partition coefficient (Wildman–Crippen LogP) is 3.23. The predicted molar refractivity (Wildman–Crippen MR) is 95.8 cm³/mol. The van der Waals surface area contributed by atoms with Crippen LogP contribution in [0.25, 0.3) is 0 Å². The van der Waals surface area contributed by atoms with Crippen LogP contribution in [0.4, 0.5) is 5.69 Å². The van der Waals surface area contributed by atoms with Gasteiger partial charge < -0.3 is 4.90 Å². The van der Waals surface area contributed by atoms with E-state index in [1.807, 2.05) is 30.3 Å². The van der Waals surface area contributed by atoms with Gasteiger partial charge in [0.15, 0.2) is 9.84 Å². The quantitative estimate of drug-likeness (QED) is 0.840. The van der Waals surface area contributed by atoms with E-state index in [1.165, 1.54) is 10.3 Å². The fourth-order valence-electron chi connectivity index (χ4n) is 2.70. The Morgan fingerprint density at radius 3 is 2.33 bits per heavy atom. The fourth-order valence-corrected chi connectivity index (χ4v) is 4.09. The Morgan fingerprint density at radius 2 is 1.75 bits per heavy atom.